The molecule has 2 heterocycles. The number of anilines is 9. The summed E-state index contributed by atoms with van der Waals surface area (Å²) in [5, 5.41) is 0. The molecule has 0 aromatic heterocycles. The van der Waals surface area contributed by atoms with Gasteiger partial charge >= 0.3 is 0 Å². The Hall–Kier alpha value is -6.78. The number of hydrogen-bond donors (Lipinski definition) is 0. The summed E-state index contributed by atoms with van der Waals surface area (Å²) in [6.45, 7) is 21.1. The van der Waals surface area contributed by atoms with Crippen LogP contribution < -0.4 is 31.1 Å². The standard InChI is InChI=1S/C66H66BN3/c1-42-33-60-62-61(34-42)70(58-39-52-50(36-44(58)3)63(4,5)31-32-64(52,6)7)59-40-53-51(65(8,9)41-66(53,10)11)38-55(59)67(62)54-37-49(68(47-23-17-13-18-24-47)48-25-19-14-20-26-48)28-30-57(54)69(60)56-29-27-46(35-43(56)2)45-21-15-12-16-22-45/h12-30,33-40H,31-32,41H2,1-11H3/i1D3. The second-order valence-electron chi connectivity index (χ2n) is 23.5. The molecule has 348 valence electrons. The molecule has 70 heavy (non-hydrogen) atoms. The molecule has 0 bridgehead atoms. The van der Waals surface area contributed by atoms with Crippen molar-refractivity contribution in [3.8, 4) is 11.1 Å². The van der Waals surface area contributed by atoms with Gasteiger partial charge in [0.25, 0.3) is 6.71 Å². The molecule has 0 saturated carbocycles. The van der Waals surface area contributed by atoms with Gasteiger partial charge in [-0.1, -0.05) is 140 Å². The molecule has 0 radical (unpaired) electrons. The van der Waals surface area contributed by atoms with E-state index in [1.165, 1.54) is 38.7 Å². The Balaban J connectivity index is 1.21. The van der Waals surface area contributed by atoms with Crippen molar-refractivity contribution < 1.29 is 4.11 Å². The lowest BCUT2D eigenvalue weighted by Crippen LogP contribution is -2.61. The fraction of sp³-hybridized carbons (Fsp3) is 0.273. The van der Waals surface area contributed by atoms with Crippen molar-refractivity contribution in [3.63, 3.8) is 0 Å². The third kappa shape index (κ3) is 6.84. The maximum atomic E-state index is 9.22. The van der Waals surface area contributed by atoms with Crippen LogP contribution in [0.4, 0.5) is 51.2 Å². The first-order valence-corrected chi connectivity index (χ1v) is 25.5. The molecule has 0 saturated heterocycles. The van der Waals surface area contributed by atoms with Gasteiger partial charge in [-0.15, -0.1) is 0 Å². The number of aryl methyl sites for hydroxylation is 3. The fourth-order valence-electron chi connectivity index (χ4n) is 13.4. The van der Waals surface area contributed by atoms with Gasteiger partial charge < -0.3 is 14.7 Å². The minimum absolute atomic E-state index is 0.0268. The molecule has 0 unspecified atom stereocenters. The van der Waals surface area contributed by atoms with E-state index in [1.54, 1.807) is 0 Å². The minimum Gasteiger partial charge on any atom is -0.311 e. The highest BCUT2D eigenvalue weighted by Crippen LogP contribution is 2.55. The Morgan fingerprint density at radius 3 is 1.53 bits per heavy atom. The van der Waals surface area contributed by atoms with Crippen molar-refractivity contribution in [2.45, 2.75) is 117 Å². The van der Waals surface area contributed by atoms with Crippen LogP contribution in [0.1, 0.15) is 118 Å². The molecule has 8 aromatic rings. The van der Waals surface area contributed by atoms with Crippen LogP contribution in [0.2, 0.25) is 0 Å². The Morgan fingerprint density at radius 1 is 0.429 bits per heavy atom. The van der Waals surface area contributed by atoms with Crippen LogP contribution in [0.15, 0.2) is 164 Å². The Kier molecular flexibility index (Phi) is 9.16. The molecule has 4 aliphatic rings. The van der Waals surface area contributed by atoms with E-state index in [0.29, 0.717) is 5.56 Å². The number of fused-ring (bicyclic) bond motifs is 6. The molecule has 0 atom stereocenters. The average Bonchev–Trinajstić information content (AvgIpc) is 3.54. The third-order valence-electron chi connectivity index (χ3n) is 16.8. The molecule has 8 aromatic carbocycles. The summed E-state index contributed by atoms with van der Waals surface area (Å²) in [6.07, 6.45) is 3.25. The number of benzene rings is 8. The molecule has 0 N–H and O–H groups in total. The Labute approximate surface area is 422 Å². The summed E-state index contributed by atoms with van der Waals surface area (Å²) in [7, 11) is 0. The second-order valence-corrected chi connectivity index (χ2v) is 23.5. The van der Waals surface area contributed by atoms with Crippen molar-refractivity contribution in [2.24, 2.45) is 0 Å². The molecular weight excluding hydrogens is 846 g/mol. The topological polar surface area (TPSA) is 9.72 Å². The van der Waals surface area contributed by atoms with E-state index in [1.807, 2.05) is 12.1 Å². The lowest BCUT2D eigenvalue weighted by Gasteiger charge is -2.47. The van der Waals surface area contributed by atoms with Gasteiger partial charge in [0, 0.05) is 55.3 Å². The van der Waals surface area contributed by atoms with Crippen LogP contribution in [-0.4, -0.2) is 6.71 Å². The van der Waals surface area contributed by atoms with Crippen LogP contribution >= 0.6 is 0 Å². The summed E-state index contributed by atoms with van der Waals surface area (Å²) >= 11 is 0. The van der Waals surface area contributed by atoms with E-state index in [4.69, 9.17) is 0 Å². The molecule has 12 rings (SSSR count). The lowest BCUT2D eigenvalue weighted by molar-refractivity contribution is 0.332. The number of rotatable bonds is 6. The van der Waals surface area contributed by atoms with Gasteiger partial charge in [-0.3, -0.25) is 0 Å². The monoisotopic (exact) mass is 915 g/mol. The van der Waals surface area contributed by atoms with E-state index < -0.39 is 6.85 Å². The summed E-state index contributed by atoms with van der Waals surface area (Å²) in [4.78, 5) is 7.24. The fourth-order valence-corrected chi connectivity index (χ4v) is 13.4. The maximum Gasteiger partial charge on any atom is 0.252 e. The summed E-state index contributed by atoms with van der Waals surface area (Å²) in [5.74, 6) is 0. The van der Waals surface area contributed by atoms with Crippen molar-refractivity contribution in [1.29, 1.82) is 0 Å². The maximum absolute atomic E-state index is 9.22. The third-order valence-corrected chi connectivity index (χ3v) is 16.8. The highest BCUT2D eigenvalue weighted by Gasteiger charge is 2.49. The van der Waals surface area contributed by atoms with Crippen LogP contribution in [-0.2, 0) is 21.7 Å². The van der Waals surface area contributed by atoms with Crippen molar-refractivity contribution >= 4 is 74.3 Å². The predicted molar refractivity (Wildman–Crippen MR) is 301 cm³/mol. The first kappa shape index (κ1) is 41.0. The zero-order valence-electron chi connectivity index (χ0n) is 45.6. The first-order chi connectivity index (χ1) is 34.6. The zero-order chi connectivity index (χ0) is 51.1. The van der Waals surface area contributed by atoms with Crippen molar-refractivity contribution in [1.82, 2.24) is 0 Å². The van der Waals surface area contributed by atoms with Crippen molar-refractivity contribution in [2.75, 3.05) is 14.7 Å². The van der Waals surface area contributed by atoms with E-state index in [9.17, 15) is 4.11 Å². The molecule has 0 fully saturated rings. The first-order valence-electron chi connectivity index (χ1n) is 27.0. The summed E-state index contributed by atoms with van der Waals surface area (Å²) < 4.78 is 27.6. The molecular formula is C66H66BN3. The quantitative estimate of drug-likeness (QED) is 0.154. The summed E-state index contributed by atoms with van der Waals surface area (Å²) in [6, 6.07) is 59.7. The normalized spacial score (nSPS) is 18.1. The largest absolute Gasteiger partial charge is 0.311 e. The highest BCUT2D eigenvalue weighted by molar-refractivity contribution is 7.00. The van der Waals surface area contributed by atoms with E-state index in [2.05, 4.69) is 236 Å². The van der Waals surface area contributed by atoms with Gasteiger partial charge in [0.15, 0.2) is 0 Å². The number of hydrogen-bond acceptors (Lipinski definition) is 3. The van der Waals surface area contributed by atoms with E-state index in [-0.39, 0.29) is 28.4 Å². The Morgan fingerprint density at radius 2 is 0.929 bits per heavy atom. The van der Waals surface area contributed by atoms with Gasteiger partial charge in [-0.2, -0.15) is 0 Å². The van der Waals surface area contributed by atoms with Gasteiger partial charge in [-0.25, -0.2) is 0 Å². The van der Waals surface area contributed by atoms with Gasteiger partial charge in [-0.05, 0) is 207 Å². The molecule has 2 aliphatic carbocycles. The van der Waals surface area contributed by atoms with E-state index >= 15 is 0 Å². The van der Waals surface area contributed by atoms with Gasteiger partial charge in [0.05, 0.1) is 0 Å². The SMILES string of the molecule is [2H]C([2H])([2H])c1cc2c3c(c1)N(c1cc4c(cc1C)C(C)(C)CCC4(C)C)c1cc4c(cc1B3c1cc(N(c3ccccc3)c3ccccc3)ccc1N2c1ccc(-c2ccccc2)cc1C)C(C)(C)CC4(C)C. The zero-order valence-corrected chi connectivity index (χ0v) is 42.6. The van der Waals surface area contributed by atoms with Gasteiger partial charge in [0.2, 0.25) is 0 Å². The van der Waals surface area contributed by atoms with Gasteiger partial charge in [0.1, 0.15) is 0 Å². The minimum atomic E-state index is -2.39. The number of para-hydroxylation sites is 2. The van der Waals surface area contributed by atoms with Crippen LogP contribution in [0, 0.1) is 20.7 Å². The number of nitrogens with zero attached hydrogens (tertiary/aromatic N) is 3. The molecule has 0 spiro atoms. The molecule has 0 amide bonds. The molecule has 3 nitrogen and oxygen atoms in total. The molecule has 4 heteroatoms. The lowest BCUT2D eigenvalue weighted by atomic mass is 9.33. The molecule has 2 aliphatic heterocycles. The summed E-state index contributed by atoms with van der Waals surface area (Å²) in [5.41, 5.74) is 23.2. The van der Waals surface area contributed by atoms with Crippen LogP contribution in [0.5, 0.6) is 0 Å². The average molecular weight is 915 g/mol. The Bertz CT molecular complexity index is 3480. The predicted octanol–water partition coefficient (Wildman–Crippen LogP) is 16.1. The second kappa shape index (κ2) is 15.6. The van der Waals surface area contributed by atoms with Crippen LogP contribution in [0.3, 0.4) is 0 Å². The van der Waals surface area contributed by atoms with Crippen molar-refractivity contribution in [3.05, 3.63) is 203 Å². The highest BCUT2D eigenvalue weighted by atomic mass is 15.2. The smallest absolute Gasteiger partial charge is 0.252 e. The van der Waals surface area contributed by atoms with E-state index in [0.717, 1.165) is 92.6 Å². The van der Waals surface area contributed by atoms with Crippen LogP contribution in [0.25, 0.3) is 11.1 Å².